The lowest BCUT2D eigenvalue weighted by atomic mass is 10.1. The number of rotatable bonds is 2. The minimum Gasteiger partial charge on any atom is -0.379 e. The summed E-state index contributed by atoms with van der Waals surface area (Å²) in [6.07, 6.45) is 0.934. The molecule has 1 saturated heterocycles. The van der Waals surface area contributed by atoms with E-state index in [2.05, 4.69) is 14.9 Å². The summed E-state index contributed by atoms with van der Waals surface area (Å²) in [6.45, 7) is 4.07. The molecule has 1 atom stereocenters. The van der Waals surface area contributed by atoms with E-state index in [4.69, 9.17) is 22.1 Å². The van der Waals surface area contributed by atoms with E-state index in [9.17, 15) is 0 Å². The Morgan fingerprint density at radius 3 is 2.91 bits per heavy atom. The first-order valence-electron chi connectivity index (χ1n) is 7.35. The van der Waals surface area contributed by atoms with E-state index in [1.54, 1.807) is 0 Å². The SMILES string of the molecule is Cc1cc(N2CCCOC[C@@H]2c2ccccc2Cl)nc(N)n1. The lowest BCUT2D eigenvalue weighted by Crippen LogP contribution is -2.32. The topological polar surface area (TPSA) is 64.3 Å². The Morgan fingerprint density at radius 2 is 2.14 bits per heavy atom. The van der Waals surface area contributed by atoms with Gasteiger partial charge in [0.2, 0.25) is 5.95 Å². The van der Waals surface area contributed by atoms with Crippen LogP contribution >= 0.6 is 11.6 Å². The number of halogens is 1. The fourth-order valence-corrected chi connectivity index (χ4v) is 3.04. The van der Waals surface area contributed by atoms with Crippen LogP contribution in [0.1, 0.15) is 23.7 Å². The molecule has 1 aliphatic heterocycles. The summed E-state index contributed by atoms with van der Waals surface area (Å²) in [5.41, 5.74) is 7.71. The third kappa shape index (κ3) is 3.15. The standard InChI is InChI=1S/C16H19ClN4O/c1-11-9-15(20-16(18)19-11)21-7-4-8-22-10-14(21)12-5-2-3-6-13(12)17/h2-3,5-6,9,14H,4,7-8,10H2,1H3,(H2,18,19,20)/t14-/m1/s1. The van der Waals surface area contributed by atoms with Crippen LogP contribution in [-0.4, -0.2) is 29.7 Å². The number of nitrogens with zero attached hydrogens (tertiary/aromatic N) is 3. The molecule has 2 N–H and O–H groups in total. The van der Waals surface area contributed by atoms with Crippen LogP contribution in [0, 0.1) is 6.92 Å². The van der Waals surface area contributed by atoms with Crippen molar-refractivity contribution in [3.8, 4) is 0 Å². The van der Waals surface area contributed by atoms with E-state index in [1.165, 1.54) is 0 Å². The van der Waals surface area contributed by atoms with Crippen LogP contribution in [0.25, 0.3) is 0 Å². The smallest absolute Gasteiger partial charge is 0.222 e. The lowest BCUT2D eigenvalue weighted by molar-refractivity contribution is 0.134. The highest BCUT2D eigenvalue weighted by atomic mass is 35.5. The molecule has 0 bridgehead atoms. The molecule has 1 aromatic heterocycles. The Balaban J connectivity index is 2.03. The second-order valence-electron chi connectivity index (χ2n) is 5.38. The number of nitrogens with two attached hydrogens (primary N) is 1. The molecule has 0 radical (unpaired) electrons. The van der Waals surface area contributed by atoms with Crippen molar-refractivity contribution < 1.29 is 4.74 Å². The largest absolute Gasteiger partial charge is 0.379 e. The maximum atomic E-state index is 6.39. The van der Waals surface area contributed by atoms with Crippen molar-refractivity contribution in [2.45, 2.75) is 19.4 Å². The van der Waals surface area contributed by atoms with Gasteiger partial charge < -0.3 is 15.4 Å². The number of aromatic nitrogens is 2. The molecule has 0 amide bonds. The quantitative estimate of drug-likeness (QED) is 0.922. The molecule has 116 valence electrons. The Labute approximate surface area is 135 Å². The number of ether oxygens (including phenoxy) is 1. The molecule has 0 unspecified atom stereocenters. The van der Waals surface area contributed by atoms with Crippen molar-refractivity contribution in [2.75, 3.05) is 30.4 Å². The highest BCUT2D eigenvalue weighted by Crippen LogP contribution is 2.32. The van der Waals surface area contributed by atoms with Gasteiger partial charge in [-0.2, -0.15) is 4.98 Å². The summed E-state index contributed by atoms with van der Waals surface area (Å²) in [4.78, 5) is 10.8. The van der Waals surface area contributed by atoms with Crippen LogP contribution in [-0.2, 0) is 4.74 Å². The fourth-order valence-electron chi connectivity index (χ4n) is 2.78. The average Bonchev–Trinajstić information content (AvgIpc) is 2.72. The van der Waals surface area contributed by atoms with E-state index < -0.39 is 0 Å². The van der Waals surface area contributed by atoms with E-state index >= 15 is 0 Å². The molecule has 22 heavy (non-hydrogen) atoms. The molecule has 3 rings (SSSR count). The van der Waals surface area contributed by atoms with Crippen molar-refractivity contribution in [1.29, 1.82) is 0 Å². The zero-order valence-electron chi connectivity index (χ0n) is 12.5. The number of nitrogen functional groups attached to an aromatic ring is 1. The average molecular weight is 319 g/mol. The molecule has 6 heteroatoms. The molecule has 0 spiro atoms. The van der Waals surface area contributed by atoms with Crippen molar-refractivity contribution in [2.24, 2.45) is 0 Å². The van der Waals surface area contributed by atoms with E-state index in [1.807, 2.05) is 37.3 Å². The molecule has 1 aromatic carbocycles. The number of aryl methyl sites for hydroxylation is 1. The monoisotopic (exact) mass is 318 g/mol. The van der Waals surface area contributed by atoms with Gasteiger partial charge in [0.25, 0.3) is 0 Å². The van der Waals surface area contributed by atoms with E-state index in [0.717, 1.165) is 41.7 Å². The van der Waals surface area contributed by atoms with Crippen molar-refractivity contribution in [3.05, 3.63) is 46.6 Å². The van der Waals surface area contributed by atoms with Crippen molar-refractivity contribution in [1.82, 2.24) is 9.97 Å². The predicted octanol–water partition coefficient (Wildman–Crippen LogP) is 2.99. The predicted molar refractivity (Wildman–Crippen MR) is 88.2 cm³/mol. The zero-order chi connectivity index (χ0) is 15.5. The zero-order valence-corrected chi connectivity index (χ0v) is 13.3. The maximum Gasteiger partial charge on any atom is 0.222 e. The second-order valence-corrected chi connectivity index (χ2v) is 5.79. The normalized spacial score (nSPS) is 19.0. The molecular weight excluding hydrogens is 300 g/mol. The molecule has 2 aromatic rings. The third-order valence-corrected chi connectivity index (χ3v) is 4.10. The van der Waals surface area contributed by atoms with Gasteiger partial charge in [-0.15, -0.1) is 0 Å². The maximum absolute atomic E-state index is 6.39. The van der Waals surface area contributed by atoms with Gasteiger partial charge in [0.05, 0.1) is 12.6 Å². The summed E-state index contributed by atoms with van der Waals surface area (Å²) in [7, 11) is 0. The minimum absolute atomic E-state index is 0.0184. The van der Waals surface area contributed by atoms with Gasteiger partial charge in [0, 0.05) is 29.9 Å². The van der Waals surface area contributed by atoms with Gasteiger partial charge in [-0.1, -0.05) is 29.8 Å². The van der Waals surface area contributed by atoms with Gasteiger partial charge in [-0.3, -0.25) is 0 Å². The van der Waals surface area contributed by atoms with Gasteiger partial charge in [-0.25, -0.2) is 4.98 Å². The second kappa shape index (κ2) is 6.50. The number of anilines is 2. The first-order chi connectivity index (χ1) is 10.6. The fraction of sp³-hybridized carbons (Fsp3) is 0.375. The molecule has 0 saturated carbocycles. The van der Waals surface area contributed by atoms with Crippen LogP contribution < -0.4 is 10.6 Å². The first-order valence-corrected chi connectivity index (χ1v) is 7.73. The Morgan fingerprint density at radius 1 is 1.32 bits per heavy atom. The Bertz CT molecular complexity index is 644. The number of benzene rings is 1. The summed E-state index contributed by atoms with van der Waals surface area (Å²) >= 11 is 6.39. The van der Waals surface area contributed by atoms with Crippen molar-refractivity contribution in [3.63, 3.8) is 0 Å². The third-order valence-electron chi connectivity index (χ3n) is 3.76. The van der Waals surface area contributed by atoms with Crippen LogP contribution in [0.4, 0.5) is 11.8 Å². The molecule has 5 nitrogen and oxygen atoms in total. The van der Waals surface area contributed by atoms with Gasteiger partial charge in [0.15, 0.2) is 0 Å². The Hall–Kier alpha value is -1.85. The lowest BCUT2D eigenvalue weighted by Gasteiger charge is -2.31. The number of hydrogen-bond donors (Lipinski definition) is 1. The minimum atomic E-state index is 0.0184. The summed E-state index contributed by atoms with van der Waals surface area (Å²) in [5, 5.41) is 0.738. The number of hydrogen-bond acceptors (Lipinski definition) is 5. The highest BCUT2D eigenvalue weighted by Gasteiger charge is 2.26. The van der Waals surface area contributed by atoms with E-state index in [-0.39, 0.29) is 12.0 Å². The summed E-state index contributed by atoms with van der Waals surface area (Å²) < 4.78 is 5.75. The summed E-state index contributed by atoms with van der Waals surface area (Å²) in [6, 6.07) is 9.83. The van der Waals surface area contributed by atoms with Gasteiger partial charge in [-0.05, 0) is 25.0 Å². The van der Waals surface area contributed by atoms with Crippen LogP contribution in [0.2, 0.25) is 5.02 Å². The molecule has 1 fully saturated rings. The Kier molecular flexibility index (Phi) is 4.45. The van der Waals surface area contributed by atoms with Crippen molar-refractivity contribution >= 4 is 23.4 Å². The first kappa shape index (κ1) is 15.1. The molecule has 0 aliphatic carbocycles. The van der Waals surface area contributed by atoms with Crippen LogP contribution in [0.5, 0.6) is 0 Å². The highest BCUT2D eigenvalue weighted by molar-refractivity contribution is 6.31. The van der Waals surface area contributed by atoms with Gasteiger partial charge >= 0.3 is 0 Å². The van der Waals surface area contributed by atoms with E-state index in [0.29, 0.717) is 6.61 Å². The summed E-state index contributed by atoms with van der Waals surface area (Å²) in [5.74, 6) is 1.11. The van der Waals surface area contributed by atoms with Gasteiger partial charge in [0.1, 0.15) is 5.82 Å². The van der Waals surface area contributed by atoms with Crippen LogP contribution in [0.15, 0.2) is 30.3 Å². The molecule has 2 heterocycles. The molecular formula is C16H19ClN4O. The molecule has 1 aliphatic rings. The van der Waals surface area contributed by atoms with Crippen LogP contribution in [0.3, 0.4) is 0 Å².